The molecule has 0 bridgehead atoms. The van der Waals surface area contributed by atoms with Gasteiger partial charge in [0.25, 0.3) is 0 Å². The Morgan fingerprint density at radius 1 is 0.857 bits per heavy atom. The first-order valence-corrected chi connectivity index (χ1v) is 13.2. The van der Waals surface area contributed by atoms with Crippen LogP contribution in [0.1, 0.15) is 67.9 Å². The van der Waals surface area contributed by atoms with Crippen molar-refractivity contribution in [3.05, 3.63) is 76.9 Å². The first-order chi connectivity index (χ1) is 16.9. The van der Waals surface area contributed by atoms with Gasteiger partial charge in [0.05, 0.1) is 17.3 Å². The van der Waals surface area contributed by atoms with Crippen molar-refractivity contribution in [1.29, 1.82) is 0 Å². The molecule has 0 radical (unpaired) electrons. The number of benzene rings is 3. The molecule has 1 aromatic heterocycles. The van der Waals surface area contributed by atoms with E-state index in [0.29, 0.717) is 6.54 Å². The Morgan fingerprint density at radius 3 is 2.26 bits per heavy atom. The highest BCUT2D eigenvalue weighted by Gasteiger charge is 2.23. The lowest BCUT2D eigenvalue weighted by atomic mass is 9.91. The van der Waals surface area contributed by atoms with E-state index in [4.69, 9.17) is 4.98 Å². The number of unbranched alkanes of at least 4 members (excludes halogenated alkanes) is 2. The number of aliphatic hydroxyl groups excluding tert-OH is 1. The van der Waals surface area contributed by atoms with Crippen LogP contribution >= 0.6 is 0 Å². The molecule has 0 amide bonds. The van der Waals surface area contributed by atoms with Gasteiger partial charge >= 0.3 is 0 Å². The quantitative estimate of drug-likeness (QED) is 0.240. The molecule has 0 spiro atoms. The number of rotatable bonds is 10. The Labute approximate surface area is 210 Å². The first-order valence-electron chi connectivity index (χ1n) is 13.2. The fourth-order valence-electron chi connectivity index (χ4n) is 5.28. The number of aryl methyl sites for hydroxylation is 2. The summed E-state index contributed by atoms with van der Waals surface area (Å²) in [5.74, 6) is 0. The smallest absolute Gasteiger partial charge is 0.0926 e. The Morgan fingerprint density at radius 2 is 1.57 bits per heavy atom. The van der Waals surface area contributed by atoms with Crippen LogP contribution in [0.25, 0.3) is 32.9 Å². The molecule has 1 unspecified atom stereocenters. The SMILES string of the molecule is CCCCN(CCCC)CC(O)c1c(C)c(-c2ccc(C)cc2C)nc2c1ccc1ccccc12. The van der Waals surface area contributed by atoms with E-state index in [0.717, 1.165) is 64.6 Å². The van der Waals surface area contributed by atoms with Crippen molar-refractivity contribution in [1.82, 2.24) is 9.88 Å². The van der Waals surface area contributed by atoms with Gasteiger partial charge in [-0.05, 0) is 68.8 Å². The fraction of sp³-hybridized carbons (Fsp3) is 0.406. The molecule has 35 heavy (non-hydrogen) atoms. The van der Waals surface area contributed by atoms with Gasteiger partial charge < -0.3 is 10.0 Å². The summed E-state index contributed by atoms with van der Waals surface area (Å²) in [5, 5.41) is 15.1. The van der Waals surface area contributed by atoms with Crippen LogP contribution in [0.4, 0.5) is 0 Å². The average Bonchev–Trinajstić information content (AvgIpc) is 2.85. The molecular formula is C32H40N2O. The molecule has 3 aromatic carbocycles. The van der Waals surface area contributed by atoms with E-state index >= 15 is 0 Å². The van der Waals surface area contributed by atoms with E-state index in [1.54, 1.807) is 0 Å². The summed E-state index contributed by atoms with van der Waals surface area (Å²) in [4.78, 5) is 7.71. The summed E-state index contributed by atoms with van der Waals surface area (Å²) in [6.45, 7) is 13.6. The molecule has 4 aromatic rings. The molecule has 0 aliphatic carbocycles. The van der Waals surface area contributed by atoms with E-state index in [1.807, 2.05) is 0 Å². The van der Waals surface area contributed by atoms with Gasteiger partial charge in [-0.2, -0.15) is 0 Å². The van der Waals surface area contributed by atoms with Gasteiger partial charge in [0.1, 0.15) is 0 Å². The molecule has 1 atom stereocenters. The van der Waals surface area contributed by atoms with E-state index in [-0.39, 0.29) is 0 Å². The summed E-state index contributed by atoms with van der Waals surface area (Å²) in [7, 11) is 0. The Hall–Kier alpha value is -2.75. The monoisotopic (exact) mass is 468 g/mol. The highest BCUT2D eigenvalue weighted by Crippen LogP contribution is 2.37. The third-order valence-corrected chi connectivity index (χ3v) is 7.23. The van der Waals surface area contributed by atoms with Crippen LogP contribution in [-0.2, 0) is 0 Å². The number of hydrogen-bond acceptors (Lipinski definition) is 3. The van der Waals surface area contributed by atoms with Crippen molar-refractivity contribution in [3.63, 3.8) is 0 Å². The van der Waals surface area contributed by atoms with Crippen LogP contribution in [0.2, 0.25) is 0 Å². The van der Waals surface area contributed by atoms with Crippen LogP contribution in [0, 0.1) is 20.8 Å². The zero-order valence-electron chi connectivity index (χ0n) is 22.1. The van der Waals surface area contributed by atoms with E-state index < -0.39 is 6.10 Å². The maximum Gasteiger partial charge on any atom is 0.0926 e. The van der Waals surface area contributed by atoms with Crippen LogP contribution in [0.15, 0.2) is 54.6 Å². The minimum atomic E-state index is -0.570. The second-order valence-electron chi connectivity index (χ2n) is 10.0. The highest BCUT2D eigenvalue weighted by molar-refractivity contribution is 6.07. The summed E-state index contributed by atoms with van der Waals surface area (Å²) in [6.07, 6.45) is 4.08. The van der Waals surface area contributed by atoms with E-state index in [9.17, 15) is 5.11 Å². The van der Waals surface area contributed by atoms with Gasteiger partial charge in [-0.1, -0.05) is 86.8 Å². The lowest BCUT2D eigenvalue weighted by Crippen LogP contribution is -2.31. The van der Waals surface area contributed by atoms with Crippen molar-refractivity contribution in [2.45, 2.75) is 66.4 Å². The molecular weight excluding hydrogens is 428 g/mol. The molecule has 0 aliphatic rings. The fourth-order valence-corrected chi connectivity index (χ4v) is 5.28. The summed E-state index contributed by atoms with van der Waals surface area (Å²) in [6, 6.07) is 19.3. The highest BCUT2D eigenvalue weighted by atomic mass is 16.3. The molecule has 3 nitrogen and oxygen atoms in total. The third kappa shape index (κ3) is 5.42. The van der Waals surface area contributed by atoms with Crippen LogP contribution < -0.4 is 0 Å². The predicted octanol–water partition coefficient (Wildman–Crippen LogP) is 7.92. The standard InChI is InChI=1S/C32H40N2O/c1-6-8-18-34(19-9-7-2)21-29(35)30-24(5)31(26-16-14-22(3)20-23(26)4)33-32-27-13-11-10-12-25(27)15-17-28(30)32/h10-17,20,29,35H,6-9,18-19,21H2,1-5H3. The minimum absolute atomic E-state index is 0.570. The number of fused-ring (bicyclic) bond motifs is 3. The van der Waals surface area contributed by atoms with Crippen LogP contribution in [0.3, 0.4) is 0 Å². The van der Waals surface area contributed by atoms with Crippen molar-refractivity contribution < 1.29 is 5.11 Å². The normalized spacial score (nSPS) is 12.7. The van der Waals surface area contributed by atoms with Crippen LogP contribution in [-0.4, -0.2) is 34.6 Å². The average molecular weight is 469 g/mol. The lowest BCUT2D eigenvalue weighted by molar-refractivity contribution is 0.112. The molecule has 3 heteroatoms. The van der Waals surface area contributed by atoms with Gasteiger partial charge in [0.2, 0.25) is 0 Å². The molecule has 0 saturated carbocycles. The van der Waals surface area contributed by atoms with Crippen molar-refractivity contribution in [2.75, 3.05) is 19.6 Å². The second-order valence-corrected chi connectivity index (χ2v) is 10.0. The van der Waals surface area contributed by atoms with E-state index in [2.05, 4.69) is 94.1 Å². The van der Waals surface area contributed by atoms with Gasteiger partial charge in [-0.25, -0.2) is 4.98 Å². The molecule has 184 valence electrons. The maximum atomic E-state index is 11.8. The summed E-state index contributed by atoms with van der Waals surface area (Å²) in [5.41, 5.74) is 7.67. The summed E-state index contributed by atoms with van der Waals surface area (Å²) >= 11 is 0. The molecule has 4 rings (SSSR count). The molecule has 1 N–H and O–H groups in total. The summed E-state index contributed by atoms with van der Waals surface area (Å²) < 4.78 is 0. The van der Waals surface area contributed by atoms with Gasteiger partial charge in [0, 0.05) is 22.9 Å². The minimum Gasteiger partial charge on any atom is -0.387 e. The molecule has 0 saturated heterocycles. The largest absolute Gasteiger partial charge is 0.387 e. The van der Waals surface area contributed by atoms with Gasteiger partial charge in [0.15, 0.2) is 0 Å². The van der Waals surface area contributed by atoms with Gasteiger partial charge in [-0.3, -0.25) is 0 Å². The molecule has 0 fully saturated rings. The number of nitrogens with zero attached hydrogens (tertiary/aromatic N) is 2. The number of hydrogen-bond donors (Lipinski definition) is 1. The second kappa shape index (κ2) is 11.3. The maximum absolute atomic E-state index is 11.8. The van der Waals surface area contributed by atoms with Crippen molar-refractivity contribution >= 4 is 21.7 Å². The number of aliphatic hydroxyl groups is 1. The predicted molar refractivity (Wildman–Crippen MR) is 150 cm³/mol. The number of aromatic nitrogens is 1. The Bertz CT molecular complexity index is 1300. The first kappa shape index (κ1) is 25.3. The zero-order chi connectivity index (χ0) is 24.9. The Balaban J connectivity index is 1.90. The lowest BCUT2D eigenvalue weighted by Gasteiger charge is -2.27. The van der Waals surface area contributed by atoms with Crippen molar-refractivity contribution in [2.24, 2.45) is 0 Å². The van der Waals surface area contributed by atoms with Crippen molar-refractivity contribution in [3.8, 4) is 11.3 Å². The zero-order valence-corrected chi connectivity index (χ0v) is 22.1. The topological polar surface area (TPSA) is 36.4 Å². The third-order valence-electron chi connectivity index (χ3n) is 7.23. The van der Waals surface area contributed by atoms with Crippen LogP contribution in [0.5, 0.6) is 0 Å². The van der Waals surface area contributed by atoms with Gasteiger partial charge in [-0.15, -0.1) is 0 Å². The molecule has 0 aliphatic heterocycles. The van der Waals surface area contributed by atoms with E-state index in [1.165, 1.54) is 29.4 Å². The Kier molecular flexibility index (Phi) is 8.20. The molecule has 1 heterocycles. The number of pyridine rings is 1.